The van der Waals surface area contributed by atoms with E-state index in [-0.39, 0.29) is 24.8 Å². The van der Waals surface area contributed by atoms with E-state index in [1.54, 1.807) is 7.05 Å². The molecular weight excluding hydrogens is 259 g/mol. The van der Waals surface area contributed by atoms with Gasteiger partial charge in [0, 0.05) is 5.92 Å². The number of aromatic nitrogens is 2. The van der Waals surface area contributed by atoms with Crippen molar-refractivity contribution in [3.63, 3.8) is 0 Å². The van der Waals surface area contributed by atoms with Crippen LogP contribution in [-0.2, 0) is 0 Å². The molecule has 3 unspecified atom stereocenters. The first-order valence-electron chi connectivity index (χ1n) is 6.49. The van der Waals surface area contributed by atoms with Crippen molar-refractivity contribution in [2.24, 2.45) is 5.92 Å². The Morgan fingerprint density at radius 1 is 1.32 bits per heavy atom. The lowest BCUT2D eigenvalue weighted by Crippen LogP contribution is -2.28. The minimum Gasteiger partial charge on any atom is -0.423 e. The van der Waals surface area contributed by atoms with E-state index in [2.05, 4.69) is 15.5 Å². The molecule has 0 spiro atoms. The van der Waals surface area contributed by atoms with Crippen LogP contribution in [0.15, 0.2) is 4.42 Å². The maximum absolute atomic E-state index is 12.7. The highest BCUT2D eigenvalue weighted by Gasteiger charge is 2.43. The maximum atomic E-state index is 12.7. The fraction of sp³-hybridized carbons (Fsp3) is 0.833. The topological polar surface area (TPSA) is 51.0 Å². The van der Waals surface area contributed by atoms with Gasteiger partial charge in [-0.1, -0.05) is 6.42 Å². The first-order valence-corrected chi connectivity index (χ1v) is 6.49. The van der Waals surface area contributed by atoms with Crippen LogP contribution in [0.5, 0.6) is 0 Å². The van der Waals surface area contributed by atoms with Crippen molar-refractivity contribution in [3.05, 3.63) is 11.8 Å². The van der Waals surface area contributed by atoms with Gasteiger partial charge in [0.1, 0.15) is 0 Å². The summed E-state index contributed by atoms with van der Waals surface area (Å²) in [6, 6.07) is -0.0942. The molecule has 1 aliphatic carbocycles. The number of nitrogens with one attached hydrogen (secondary N) is 1. The second-order valence-electron chi connectivity index (χ2n) is 5.09. The molecule has 1 heterocycles. The fourth-order valence-electron chi connectivity index (χ4n) is 2.42. The second kappa shape index (κ2) is 5.48. The highest BCUT2D eigenvalue weighted by Crippen LogP contribution is 2.43. The van der Waals surface area contributed by atoms with E-state index in [4.69, 9.17) is 4.42 Å². The van der Waals surface area contributed by atoms with Crippen molar-refractivity contribution in [1.29, 1.82) is 0 Å². The van der Waals surface area contributed by atoms with E-state index in [1.807, 2.05) is 6.92 Å². The van der Waals surface area contributed by atoms with Crippen LogP contribution in [0.4, 0.5) is 13.2 Å². The van der Waals surface area contributed by atoms with E-state index in [9.17, 15) is 13.2 Å². The third-order valence-electron chi connectivity index (χ3n) is 3.75. The van der Waals surface area contributed by atoms with Gasteiger partial charge in [-0.15, -0.1) is 10.2 Å². The molecular formula is C12H18F3N3O. The van der Waals surface area contributed by atoms with Crippen LogP contribution in [0.1, 0.15) is 56.3 Å². The predicted octanol–water partition coefficient (Wildman–Crippen LogP) is 3.19. The van der Waals surface area contributed by atoms with Gasteiger partial charge in [0.05, 0.1) is 12.0 Å². The Labute approximate surface area is 109 Å². The Balaban J connectivity index is 2.07. The van der Waals surface area contributed by atoms with E-state index in [0.29, 0.717) is 24.6 Å². The maximum Gasteiger partial charge on any atom is 0.391 e. The summed E-state index contributed by atoms with van der Waals surface area (Å²) in [5.74, 6) is -0.758. The number of halogens is 3. The van der Waals surface area contributed by atoms with Crippen LogP contribution in [0, 0.1) is 5.92 Å². The first-order chi connectivity index (χ1) is 8.91. The molecule has 1 fully saturated rings. The summed E-state index contributed by atoms with van der Waals surface area (Å²) in [5, 5.41) is 10.7. The number of nitrogens with zero attached hydrogens (tertiary/aromatic N) is 2. The molecule has 19 heavy (non-hydrogen) atoms. The predicted molar refractivity (Wildman–Crippen MR) is 62.5 cm³/mol. The fourth-order valence-corrected chi connectivity index (χ4v) is 2.42. The molecule has 1 aromatic rings. The molecule has 0 radical (unpaired) electrons. The molecule has 1 aliphatic rings. The largest absolute Gasteiger partial charge is 0.423 e. The summed E-state index contributed by atoms with van der Waals surface area (Å²) >= 11 is 0. The molecule has 0 amide bonds. The first kappa shape index (κ1) is 14.3. The lowest BCUT2D eigenvalue weighted by atomic mass is 9.81. The highest BCUT2D eigenvalue weighted by molar-refractivity contribution is 4.97. The van der Waals surface area contributed by atoms with Crippen LogP contribution >= 0.6 is 0 Å². The van der Waals surface area contributed by atoms with Gasteiger partial charge in [0.15, 0.2) is 0 Å². The van der Waals surface area contributed by atoms with Crippen LogP contribution < -0.4 is 5.32 Å². The van der Waals surface area contributed by atoms with Gasteiger partial charge in [0.2, 0.25) is 11.8 Å². The average molecular weight is 277 g/mol. The zero-order valence-corrected chi connectivity index (χ0v) is 11.0. The van der Waals surface area contributed by atoms with Crippen molar-refractivity contribution in [2.45, 2.75) is 50.7 Å². The van der Waals surface area contributed by atoms with E-state index in [0.717, 1.165) is 0 Å². The summed E-state index contributed by atoms with van der Waals surface area (Å²) in [7, 11) is 1.76. The molecule has 108 valence electrons. The van der Waals surface area contributed by atoms with Crippen molar-refractivity contribution in [1.82, 2.24) is 15.5 Å². The van der Waals surface area contributed by atoms with E-state index >= 15 is 0 Å². The van der Waals surface area contributed by atoms with Crippen molar-refractivity contribution < 1.29 is 17.6 Å². The Morgan fingerprint density at radius 3 is 2.68 bits per heavy atom. The van der Waals surface area contributed by atoms with Gasteiger partial charge >= 0.3 is 6.18 Å². The number of rotatable bonds is 3. The second-order valence-corrected chi connectivity index (χ2v) is 5.09. The lowest BCUT2D eigenvalue weighted by Gasteiger charge is -2.28. The molecule has 1 aromatic heterocycles. The molecule has 1 saturated carbocycles. The Kier molecular flexibility index (Phi) is 4.13. The Bertz CT molecular complexity index is 419. The normalized spacial score (nSPS) is 26.4. The molecule has 0 aromatic carbocycles. The smallest absolute Gasteiger partial charge is 0.391 e. The third kappa shape index (κ3) is 3.26. The summed E-state index contributed by atoms with van der Waals surface area (Å²) in [6.07, 6.45) is -2.64. The van der Waals surface area contributed by atoms with Gasteiger partial charge in [0.25, 0.3) is 0 Å². The minimum absolute atomic E-state index is 0.0546. The zero-order valence-electron chi connectivity index (χ0n) is 11.0. The monoisotopic (exact) mass is 277 g/mol. The molecule has 7 heteroatoms. The van der Waals surface area contributed by atoms with Crippen LogP contribution in [0.25, 0.3) is 0 Å². The quantitative estimate of drug-likeness (QED) is 0.922. The molecule has 0 bridgehead atoms. The van der Waals surface area contributed by atoms with Crippen LogP contribution in [-0.4, -0.2) is 23.4 Å². The molecule has 2 rings (SSSR count). The highest BCUT2D eigenvalue weighted by atomic mass is 19.4. The summed E-state index contributed by atoms with van der Waals surface area (Å²) < 4.78 is 43.7. The Morgan fingerprint density at radius 2 is 2.05 bits per heavy atom. The third-order valence-corrected chi connectivity index (χ3v) is 3.75. The van der Waals surface area contributed by atoms with Crippen molar-refractivity contribution >= 4 is 0 Å². The summed E-state index contributed by atoms with van der Waals surface area (Å²) in [5.41, 5.74) is 0. The van der Waals surface area contributed by atoms with Crippen molar-refractivity contribution in [3.8, 4) is 0 Å². The zero-order chi connectivity index (χ0) is 14.0. The summed E-state index contributed by atoms with van der Waals surface area (Å²) in [6.45, 7) is 1.86. The van der Waals surface area contributed by atoms with Crippen molar-refractivity contribution in [2.75, 3.05) is 7.05 Å². The Hall–Kier alpha value is -1.11. The molecule has 4 nitrogen and oxygen atoms in total. The van der Waals surface area contributed by atoms with Gasteiger partial charge in [-0.05, 0) is 33.2 Å². The van der Waals surface area contributed by atoms with Crippen LogP contribution in [0.2, 0.25) is 0 Å². The molecule has 3 atom stereocenters. The SMILES string of the molecule is CNC(C)c1nnc(C2CCCC(C(F)(F)F)C2)o1. The van der Waals surface area contributed by atoms with Gasteiger partial charge in [-0.3, -0.25) is 0 Å². The number of hydrogen-bond acceptors (Lipinski definition) is 4. The number of hydrogen-bond donors (Lipinski definition) is 1. The average Bonchev–Trinajstić information content (AvgIpc) is 2.86. The van der Waals surface area contributed by atoms with Gasteiger partial charge < -0.3 is 9.73 Å². The lowest BCUT2D eigenvalue weighted by molar-refractivity contribution is -0.183. The minimum atomic E-state index is -4.13. The van der Waals surface area contributed by atoms with Crippen LogP contribution in [0.3, 0.4) is 0 Å². The van der Waals surface area contributed by atoms with Gasteiger partial charge in [-0.2, -0.15) is 13.2 Å². The number of alkyl halides is 3. The molecule has 1 N–H and O–H groups in total. The van der Waals surface area contributed by atoms with E-state index < -0.39 is 12.1 Å². The van der Waals surface area contributed by atoms with Gasteiger partial charge in [-0.25, -0.2) is 0 Å². The molecule has 0 aliphatic heterocycles. The standard InChI is InChI=1S/C12H18F3N3O/c1-7(16-2)10-17-18-11(19-10)8-4-3-5-9(6-8)12(13,14)15/h7-9,16H,3-6H2,1-2H3. The molecule has 0 saturated heterocycles. The van der Waals surface area contributed by atoms with E-state index in [1.165, 1.54) is 0 Å². The summed E-state index contributed by atoms with van der Waals surface area (Å²) in [4.78, 5) is 0.